The van der Waals surface area contributed by atoms with Crippen molar-refractivity contribution >= 4 is 11.5 Å². The van der Waals surface area contributed by atoms with Crippen LogP contribution in [0.5, 0.6) is 0 Å². The highest BCUT2D eigenvalue weighted by Crippen LogP contribution is 2.18. The molecule has 0 unspecified atom stereocenters. The molecule has 0 bridgehead atoms. The van der Waals surface area contributed by atoms with Gasteiger partial charge >= 0.3 is 4.87 Å². The lowest BCUT2D eigenvalue weighted by molar-refractivity contribution is 0.520. The van der Waals surface area contributed by atoms with Gasteiger partial charge in [-0.25, -0.2) is 0 Å². The largest absolute Gasteiger partial charge is 0.325 e. The van der Waals surface area contributed by atoms with E-state index in [2.05, 4.69) is 4.37 Å². The van der Waals surface area contributed by atoms with Gasteiger partial charge in [0, 0.05) is 24.0 Å². The van der Waals surface area contributed by atoms with Gasteiger partial charge in [-0.1, -0.05) is 20.8 Å². The Morgan fingerprint density at radius 2 is 2.00 bits per heavy atom. The molecular weight excluding hydrogens is 160 g/mol. The maximum Gasteiger partial charge on any atom is 0.325 e. The first-order valence-corrected chi connectivity index (χ1v) is 4.23. The summed E-state index contributed by atoms with van der Waals surface area (Å²) in [5.74, 6) is 0.854. The van der Waals surface area contributed by atoms with E-state index in [1.807, 2.05) is 20.8 Å². The molecule has 1 rings (SSSR count). The van der Waals surface area contributed by atoms with E-state index in [4.69, 9.17) is 0 Å². The van der Waals surface area contributed by atoms with Gasteiger partial charge in [0.05, 0.1) is 0 Å². The predicted molar refractivity (Wildman–Crippen MR) is 46.1 cm³/mol. The van der Waals surface area contributed by atoms with Crippen molar-refractivity contribution < 1.29 is 0 Å². The molecular formula is C7H12N2OS. The lowest BCUT2D eigenvalue weighted by atomic mass is 9.96. The fourth-order valence-electron chi connectivity index (χ4n) is 0.931. The Kier molecular flexibility index (Phi) is 1.88. The average Bonchev–Trinajstić information content (AvgIpc) is 2.11. The lowest BCUT2D eigenvalue weighted by Crippen LogP contribution is -2.21. The third kappa shape index (κ3) is 1.50. The number of hydrogen-bond donors (Lipinski definition) is 0. The quantitative estimate of drug-likeness (QED) is 0.588. The van der Waals surface area contributed by atoms with Crippen LogP contribution in [0, 0.1) is 0 Å². The van der Waals surface area contributed by atoms with Crippen LogP contribution in [0.25, 0.3) is 0 Å². The Morgan fingerprint density at radius 3 is 2.18 bits per heavy atom. The number of aromatic nitrogens is 2. The van der Waals surface area contributed by atoms with Gasteiger partial charge in [-0.05, 0) is 0 Å². The normalized spacial score (nSPS) is 12.0. The van der Waals surface area contributed by atoms with E-state index in [0.717, 1.165) is 17.4 Å². The van der Waals surface area contributed by atoms with E-state index in [1.165, 1.54) is 0 Å². The van der Waals surface area contributed by atoms with E-state index in [0.29, 0.717) is 0 Å². The summed E-state index contributed by atoms with van der Waals surface area (Å²) >= 11 is 1.02. The Morgan fingerprint density at radius 1 is 1.45 bits per heavy atom. The Labute approximate surface area is 69.8 Å². The van der Waals surface area contributed by atoms with E-state index < -0.39 is 0 Å². The van der Waals surface area contributed by atoms with Gasteiger partial charge < -0.3 is 0 Å². The molecule has 0 aliphatic carbocycles. The third-order valence-electron chi connectivity index (χ3n) is 1.47. The first kappa shape index (κ1) is 8.46. The molecule has 0 saturated heterocycles. The van der Waals surface area contributed by atoms with Gasteiger partial charge in [0.15, 0.2) is 0 Å². The molecule has 3 nitrogen and oxygen atoms in total. The second-order valence-electron chi connectivity index (χ2n) is 3.58. The van der Waals surface area contributed by atoms with Crippen LogP contribution < -0.4 is 4.87 Å². The maximum atomic E-state index is 11.0. The van der Waals surface area contributed by atoms with Crippen LogP contribution in [0.2, 0.25) is 0 Å². The number of hydrogen-bond acceptors (Lipinski definition) is 3. The minimum absolute atomic E-state index is 0.00919. The predicted octanol–water partition coefficient (Wildman–Crippen LogP) is 1.14. The highest BCUT2D eigenvalue weighted by molar-refractivity contribution is 7.02. The molecule has 62 valence electrons. The van der Waals surface area contributed by atoms with Crippen molar-refractivity contribution in [2.75, 3.05) is 0 Å². The lowest BCUT2D eigenvalue weighted by Gasteiger charge is -2.15. The average molecular weight is 172 g/mol. The van der Waals surface area contributed by atoms with Gasteiger partial charge in [-0.15, -0.1) is 0 Å². The molecule has 0 N–H and O–H groups in total. The van der Waals surface area contributed by atoms with Crippen molar-refractivity contribution in [2.45, 2.75) is 26.2 Å². The molecule has 1 aromatic rings. The number of rotatable bonds is 0. The Bertz CT molecular complexity index is 305. The zero-order valence-corrected chi connectivity index (χ0v) is 8.03. The zero-order valence-electron chi connectivity index (χ0n) is 7.21. The van der Waals surface area contributed by atoms with Crippen LogP contribution in [0.3, 0.4) is 0 Å². The smallest absolute Gasteiger partial charge is 0.288 e. The van der Waals surface area contributed by atoms with Gasteiger partial charge in [0.1, 0.15) is 5.82 Å². The molecule has 0 aliphatic rings. The summed E-state index contributed by atoms with van der Waals surface area (Å²) in [4.78, 5) is 11.0. The zero-order chi connectivity index (χ0) is 8.65. The molecule has 0 fully saturated rings. The second kappa shape index (κ2) is 2.44. The maximum absolute atomic E-state index is 11.0. The molecule has 0 saturated carbocycles. The van der Waals surface area contributed by atoms with Gasteiger partial charge in [0.25, 0.3) is 0 Å². The summed E-state index contributed by atoms with van der Waals surface area (Å²) in [5.41, 5.74) is -0.0338. The summed E-state index contributed by atoms with van der Waals surface area (Å²) < 4.78 is 5.68. The van der Waals surface area contributed by atoms with E-state index in [1.54, 1.807) is 11.6 Å². The summed E-state index contributed by atoms with van der Waals surface area (Å²) in [6.07, 6.45) is 0. The monoisotopic (exact) mass is 172 g/mol. The van der Waals surface area contributed by atoms with Crippen molar-refractivity contribution in [3.8, 4) is 0 Å². The van der Waals surface area contributed by atoms with E-state index in [-0.39, 0.29) is 10.3 Å². The molecule has 0 aromatic carbocycles. The summed E-state index contributed by atoms with van der Waals surface area (Å²) in [7, 11) is 1.76. The van der Waals surface area contributed by atoms with Gasteiger partial charge in [0.2, 0.25) is 0 Å². The fraction of sp³-hybridized carbons (Fsp3) is 0.714. The molecule has 1 aromatic heterocycles. The summed E-state index contributed by atoms with van der Waals surface area (Å²) in [5, 5.41) is 0. The highest BCUT2D eigenvalue weighted by Gasteiger charge is 2.20. The highest BCUT2D eigenvalue weighted by atomic mass is 32.1. The topological polar surface area (TPSA) is 34.9 Å². The van der Waals surface area contributed by atoms with E-state index >= 15 is 0 Å². The van der Waals surface area contributed by atoms with Crippen LogP contribution in [-0.4, -0.2) is 8.94 Å². The van der Waals surface area contributed by atoms with Crippen molar-refractivity contribution in [1.29, 1.82) is 0 Å². The van der Waals surface area contributed by atoms with E-state index in [9.17, 15) is 4.79 Å². The first-order chi connectivity index (χ1) is 4.93. The Balaban J connectivity index is 3.26. The molecule has 0 radical (unpaired) electrons. The minimum atomic E-state index is -0.0338. The van der Waals surface area contributed by atoms with Crippen LogP contribution in [-0.2, 0) is 12.5 Å². The van der Waals surface area contributed by atoms with Crippen LogP contribution in [0.15, 0.2) is 4.79 Å². The fourth-order valence-corrected chi connectivity index (χ4v) is 1.70. The first-order valence-electron chi connectivity index (χ1n) is 3.46. The second-order valence-corrected chi connectivity index (χ2v) is 4.30. The molecule has 0 atom stereocenters. The standard InChI is InChI=1S/C7H12N2OS/c1-7(2,3)5-8-11-6(10)9(5)4/h1-4H3. The SMILES string of the molecule is Cn1c(C(C)(C)C)nsc1=O. The summed E-state index contributed by atoms with van der Waals surface area (Å²) in [6.45, 7) is 6.13. The summed E-state index contributed by atoms with van der Waals surface area (Å²) in [6, 6.07) is 0. The van der Waals surface area contributed by atoms with Crippen molar-refractivity contribution in [3.63, 3.8) is 0 Å². The molecule has 11 heavy (non-hydrogen) atoms. The van der Waals surface area contributed by atoms with Crippen LogP contribution in [0.4, 0.5) is 0 Å². The molecule has 0 spiro atoms. The molecule has 4 heteroatoms. The number of nitrogens with zero attached hydrogens (tertiary/aromatic N) is 2. The molecule has 1 heterocycles. The third-order valence-corrected chi connectivity index (χ3v) is 2.17. The van der Waals surface area contributed by atoms with Gasteiger partial charge in [-0.2, -0.15) is 4.37 Å². The van der Waals surface area contributed by atoms with Crippen molar-refractivity contribution in [3.05, 3.63) is 15.5 Å². The van der Waals surface area contributed by atoms with Crippen molar-refractivity contribution in [1.82, 2.24) is 8.94 Å². The minimum Gasteiger partial charge on any atom is -0.288 e. The Hall–Kier alpha value is -0.640. The van der Waals surface area contributed by atoms with Gasteiger partial charge in [-0.3, -0.25) is 9.36 Å². The molecule has 0 aliphatic heterocycles. The van der Waals surface area contributed by atoms with Crippen LogP contribution >= 0.6 is 11.5 Å². The van der Waals surface area contributed by atoms with Crippen LogP contribution in [0.1, 0.15) is 26.6 Å². The van der Waals surface area contributed by atoms with Crippen molar-refractivity contribution in [2.24, 2.45) is 7.05 Å². The molecule has 0 amide bonds.